The van der Waals surface area contributed by atoms with Gasteiger partial charge in [-0.05, 0) is 30.3 Å². The Labute approximate surface area is 126 Å². The Hall–Kier alpha value is -1.16. The lowest BCUT2D eigenvalue weighted by Crippen LogP contribution is -2.03. The zero-order valence-electron chi connectivity index (χ0n) is 9.94. The molecule has 3 nitrogen and oxygen atoms in total. The topological polar surface area (TPSA) is 31.4 Å². The van der Waals surface area contributed by atoms with Crippen LogP contribution in [0.1, 0.15) is 5.69 Å². The number of hydrogen-bond donors (Lipinski definition) is 0. The van der Waals surface area contributed by atoms with E-state index >= 15 is 0 Å². The second-order valence-corrected chi connectivity index (χ2v) is 5.92. The molecule has 0 saturated carbocycles. The molecule has 0 aliphatic heterocycles. The third-order valence-corrected chi connectivity index (χ3v) is 2.88. The summed E-state index contributed by atoms with van der Waals surface area (Å²) in [5.41, 5.74) is 0.309. The van der Waals surface area contributed by atoms with Crippen molar-refractivity contribution in [3.8, 4) is 17.4 Å². The fourth-order valence-electron chi connectivity index (χ4n) is 1.39. The highest BCUT2D eigenvalue weighted by atomic mass is 35.6. The Morgan fingerprint density at radius 3 is 2.16 bits per heavy atom. The van der Waals surface area contributed by atoms with E-state index < -0.39 is 3.79 Å². The second kappa shape index (κ2) is 5.87. The van der Waals surface area contributed by atoms with E-state index in [9.17, 15) is 0 Å². The van der Waals surface area contributed by atoms with Gasteiger partial charge in [0.05, 0.1) is 12.8 Å². The van der Waals surface area contributed by atoms with Gasteiger partial charge in [-0.1, -0.05) is 40.9 Å². The highest BCUT2D eigenvalue weighted by Gasteiger charge is 2.24. The molecule has 0 N–H and O–H groups in total. The molecule has 0 unspecified atom stereocenters. The summed E-state index contributed by atoms with van der Waals surface area (Å²) in [4.78, 5) is 4.13. The summed E-state index contributed by atoms with van der Waals surface area (Å²) >= 11 is 17.3. The zero-order chi connectivity index (χ0) is 13.9. The van der Waals surface area contributed by atoms with E-state index in [0.29, 0.717) is 17.3 Å². The van der Waals surface area contributed by atoms with Crippen LogP contribution in [-0.4, -0.2) is 12.1 Å². The highest BCUT2D eigenvalue weighted by molar-refractivity contribution is 6.66. The molecule has 1 aromatic heterocycles. The molecule has 0 saturated heterocycles. The predicted octanol–water partition coefficient (Wildman–Crippen LogP) is 4.71. The molecule has 0 aliphatic rings. The molecule has 0 atom stereocenters. The zero-order valence-corrected chi connectivity index (χ0v) is 12.2. The Kier molecular flexibility index (Phi) is 4.40. The molecular formula is C13H10Cl3NO2. The fraction of sp³-hybridized carbons (Fsp3) is 0.154. The number of aromatic nitrogens is 1. The third-order valence-electron chi connectivity index (χ3n) is 2.30. The van der Waals surface area contributed by atoms with Crippen molar-refractivity contribution in [3.05, 3.63) is 48.2 Å². The Morgan fingerprint density at radius 2 is 1.58 bits per heavy atom. The highest BCUT2D eigenvalue weighted by Crippen LogP contribution is 2.37. The van der Waals surface area contributed by atoms with Crippen LogP contribution in [0.25, 0.3) is 0 Å². The summed E-state index contributed by atoms with van der Waals surface area (Å²) in [6.07, 6.45) is 0. The Balaban J connectivity index is 2.18. The number of pyridine rings is 1. The molecule has 6 heteroatoms. The Morgan fingerprint density at radius 1 is 0.947 bits per heavy atom. The van der Waals surface area contributed by atoms with Crippen LogP contribution in [0, 0.1) is 0 Å². The van der Waals surface area contributed by atoms with Gasteiger partial charge in [-0.3, -0.25) is 0 Å². The van der Waals surface area contributed by atoms with Gasteiger partial charge < -0.3 is 9.47 Å². The number of alkyl halides is 3. The van der Waals surface area contributed by atoms with Crippen molar-refractivity contribution in [1.82, 2.24) is 4.98 Å². The quantitative estimate of drug-likeness (QED) is 0.768. The summed E-state index contributed by atoms with van der Waals surface area (Å²) in [7, 11) is 1.60. The minimum atomic E-state index is -1.57. The average molecular weight is 319 g/mol. The number of methoxy groups -OCH3 is 1. The number of rotatable bonds is 3. The van der Waals surface area contributed by atoms with Gasteiger partial charge in [0.15, 0.2) is 0 Å². The van der Waals surface area contributed by atoms with E-state index in [1.807, 2.05) is 0 Å². The van der Waals surface area contributed by atoms with E-state index in [-0.39, 0.29) is 0 Å². The number of hydrogen-bond acceptors (Lipinski definition) is 3. The maximum atomic E-state index is 5.77. The first-order valence-electron chi connectivity index (χ1n) is 5.35. The lowest BCUT2D eigenvalue weighted by molar-refractivity contribution is 0.412. The monoisotopic (exact) mass is 317 g/mol. The molecule has 1 heterocycles. The number of nitrogens with zero attached hydrogens (tertiary/aromatic N) is 1. The molecule has 0 aliphatic carbocycles. The van der Waals surface area contributed by atoms with Crippen LogP contribution < -0.4 is 9.47 Å². The van der Waals surface area contributed by atoms with Gasteiger partial charge >= 0.3 is 0 Å². The van der Waals surface area contributed by atoms with Crippen molar-refractivity contribution in [2.75, 3.05) is 7.11 Å². The van der Waals surface area contributed by atoms with Gasteiger partial charge in [-0.15, -0.1) is 0 Å². The van der Waals surface area contributed by atoms with Crippen LogP contribution in [0.3, 0.4) is 0 Å². The maximum absolute atomic E-state index is 5.77. The van der Waals surface area contributed by atoms with Gasteiger partial charge in [0.1, 0.15) is 11.5 Å². The summed E-state index contributed by atoms with van der Waals surface area (Å²) < 4.78 is 9.06. The van der Waals surface area contributed by atoms with Crippen LogP contribution in [0.5, 0.6) is 17.4 Å². The first-order valence-corrected chi connectivity index (χ1v) is 6.48. The van der Waals surface area contributed by atoms with Crippen LogP contribution in [0.2, 0.25) is 0 Å². The fourth-order valence-corrected chi connectivity index (χ4v) is 1.71. The molecule has 0 fully saturated rings. The Bertz CT molecular complexity index is 553. The van der Waals surface area contributed by atoms with E-state index in [1.165, 1.54) is 0 Å². The SMILES string of the molecule is COc1ccc(Oc2cccc(C(Cl)(Cl)Cl)n2)cc1. The summed E-state index contributed by atoms with van der Waals surface area (Å²) in [5, 5.41) is 0. The lowest BCUT2D eigenvalue weighted by atomic mass is 10.3. The summed E-state index contributed by atoms with van der Waals surface area (Å²) in [6.45, 7) is 0. The summed E-state index contributed by atoms with van der Waals surface area (Å²) in [5.74, 6) is 1.72. The smallest absolute Gasteiger partial charge is 0.232 e. The molecular weight excluding hydrogens is 309 g/mol. The van der Waals surface area contributed by atoms with Crippen molar-refractivity contribution in [2.45, 2.75) is 3.79 Å². The van der Waals surface area contributed by atoms with Crippen molar-refractivity contribution < 1.29 is 9.47 Å². The molecule has 2 aromatic rings. The maximum Gasteiger partial charge on any atom is 0.232 e. The standard InChI is InChI=1S/C13H10Cl3NO2/c1-18-9-5-7-10(8-6-9)19-12-4-2-3-11(17-12)13(14,15)16/h2-8H,1H3. The minimum absolute atomic E-state index is 0.309. The van der Waals surface area contributed by atoms with Gasteiger partial charge in [0.2, 0.25) is 9.67 Å². The third kappa shape index (κ3) is 3.90. The predicted molar refractivity (Wildman–Crippen MR) is 76.5 cm³/mol. The number of benzene rings is 1. The van der Waals surface area contributed by atoms with Gasteiger partial charge in [0, 0.05) is 6.07 Å². The lowest BCUT2D eigenvalue weighted by Gasteiger charge is -2.11. The first-order chi connectivity index (χ1) is 8.99. The van der Waals surface area contributed by atoms with Crippen LogP contribution in [0.4, 0.5) is 0 Å². The average Bonchev–Trinajstić information content (AvgIpc) is 2.39. The van der Waals surface area contributed by atoms with Gasteiger partial charge in [-0.25, -0.2) is 4.98 Å². The molecule has 1 aromatic carbocycles. The summed E-state index contributed by atoms with van der Waals surface area (Å²) in [6, 6.07) is 12.1. The first kappa shape index (κ1) is 14.3. The van der Waals surface area contributed by atoms with Crippen molar-refractivity contribution >= 4 is 34.8 Å². The molecule has 0 radical (unpaired) electrons. The molecule has 19 heavy (non-hydrogen) atoms. The van der Waals surface area contributed by atoms with E-state index in [0.717, 1.165) is 5.75 Å². The molecule has 0 amide bonds. The van der Waals surface area contributed by atoms with Crippen LogP contribution >= 0.6 is 34.8 Å². The van der Waals surface area contributed by atoms with E-state index in [4.69, 9.17) is 44.3 Å². The van der Waals surface area contributed by atoms with Crippen molar-refractivity contribution in [2.24, 2.45) is 0 Å². The van der Waals surface area contributed by atoms with Crippen molar-refractivity contribution in [3.63, 3.8) is 0 Å². The largest absolute Gasteiger partial charge is 0.497 e. The number of ether oxygens (including phenoxy) is 2. The van der Waals surface area contributed by atoms with E-state index in [2.05, 4.69) is 4.98 Å². The van der Waals surface area contributed by atoms with Gasteiger partial charge in [-0.2, -0.15) is 0 Å². The molecule has 100 valence electrons. The molecule has 2 rings (SSSR count). The van der Waals surface area contributed by atoms with Crippen molar-refractivity contribution in [1.29, 1.82) is 0 Å². The normalized spacial score (nSPS) is 11.2. The molecule has 0 spiro atoms. The van der Waals surface area contributed by atoms with Gasteiger partial charge in [0.25, 0.3) is 0 Å². The second-order valence-electron chi connectivity index (χ2n) is 3.64. The van der Waals surface area contributed by atoms with Crippen LogP contribution in [0.15, 0.2) is 42.5 Å². The van der Waals surface area contributed by atoms with E-state index in [1.54, 1.807) is 49.6 Å². The van der Waals surface area contributed by atoms with Crippen LogP contribution in [-0.2, 0) is 3.79 Å². The minimum Gasteiger partial charge on any atom is -0.497 e. The molecule has 0 bridgehead atoms. The number of halogens is 3.